The molecule has 4 aromatic rings. The minimum absolute atomic E-state index is 0.129. The Labute approximate surface area is 163 Å². The van der Waals surface area contributed by atoms with Gasteiger partial charge in [0.25, 0.3) is 11.6 Å². The van der Waals surface area contributed by atoms with E-state index < -0.39 is 0 Å². The fourth-order valence-electron chi connectivity index (χ4n) is 3.20. The number of carbonyl (C=O) groups excluding carboxylic acids is 1. The van der Waals surface area contributed by atoms with Crippen LogP contribution in [-0.4, -0.2) is 23.1 Å². The lowest BCUT2D eigenvalue weighted by molar-refractivity contribution is 0.0994. The fraction of sp³-hybridized carbons (Fsp3) is 0.174. The molecular weight excluding hydrogens is 350 g/mol. The zero-order valence-electron chi connectivity index (χ0n) is 16.4. The first-order valence-electron chi connectivity index (χ1n) is 9.13. The predicted octanol–water partition coefficient (Wildman–Crippen LogP) is 5.09. The number of hydrogen-bond donors (Lipinski definition) is 0. The standard InChI is InChI=1S/C23H21N3O2/c1-14-5-9-17(10-6-14)20-13-19(21-16(3)25-28-22(21)24-20)23(27)26(4)18-11-7-15(2)8-12-18/h5-13H,1-4H3. The number of fused-ring (bicyclic) bond motifs is 1. The number of nitrogens with zero attached hydrogens (tertiary/aromatic N) is 3. The topological polar surface area (TPSA) is 59.2 Å². The average Bonchev–Trinajstić information content (AvgIpc) is 3.08. The molecule has 0 spiro atoms. The monoisotopic (exact) mass is 371 g/mol. The highest BCUT2D eigenvalue weighted by atomic mass is 16.5. The number of amides is 1. The second-order valence-corrected chi connectivity index (χ2v) is 7.07. The number of carbonyl (C=O) groups is 1. The van der Waals surface area contributed by atoms with Crippen LogP contribution in [0.2, 0.25) is 0 Å². The van der Waals surface area contributed by atoms with Crippen molar-refractivity contribution >= 4 is 22.7 Å². The maximum atomic E-state index is 13.4. The first kappa shape index (κ1) is 17.9. The number of pyridine rings is 1. The third kappa shape index (κ3) is 3.16. The molecule has 0 radical (unpaired) electrons. The Bertz CT molecular complexity index is 1160. The number of rotatable bonds is 3. The quantitative estimate of drug-likeness (QED) is 0.503. The Morgan fingerprint density at radius 2 is 1.54 bits per heavy atom. The highest BCUT2D eigenvalue weighted by molar-refractivity contribution is 6.14. The number of benzene rings is 2. The number of aromatic nitrogens is 2. The third-order valence-electron chi connectivity index (χ3n) is 4.92. The zero-order valence-corrected chi connectivity index (χ0v) is 16.4. The summed E-state index contributed by atoms with van der Waals surface area (Å²) in [5.74, 6) is -0.129. The van der Waals surface area contributed by atoms with Crippen LogP contribution in [-0.2, 0) is 0 Å². The highest BCUT2D eigenvalue weighted by Gasteiger charge is 2.22. The molecule has 0 N–H and O–H groups in total. The summed E-state index contributed by atoms with van der Waals surface area (Å²) in [6.45, 7) is 5.87. The molecule has 0 unspecified atom stereocenters. The Balaban J connectivity index is 1.84. The molecule has 0 saturated heterocycles. The van der Waals surface area contributed by atoms with Gasteiger partial charge in [-0.25, -0.2) is 4.98 Å². The van der Waals surface area contributed by atoms with Crippen LogP contribution in [0.5, 0.6) is 0 Å². The van der Waals surface area contributed by atoms with Crippen LogP contribution in [0.15, 0.2) is 59.1 Å². The lowest BCUT2D eigenvalue weighted by Gasteiger charge is -2.18. The smallest absolute Gasteiger partial charge is 0.259 e. The van der Waals surface area contributed by atoms with Gasteiger partial charge in [0.2, 0.25) is 0 Å². The van der Waals surface area contributed by atoms with Crippen molar-refractivity contribution in [1.82, 2.24) is 10.1 Å². The largest absolute Gasteiger partial charge is 0.335 e. The van der Waals surface area contributed by atoms with Gasteiger partial charge in [-0.3, -0.25) is 4.79 Å². The molecule has 140 valence electrons. The average molecular weight is 371 g/mol. The maximum absolute atomic E-state index is 13.4. The first-order valence-corrected chi connectivity index (χ1v) is 9.13. The molecule has 0 aliphatic rings. The second-order valence-electron chi connectivity index (χ2n) is 7.07. The molecule has 0 atom stereocenters. The van der Waals surface area contributed by atoms with Crippen molar-refractivity contribution in [2.45, 2.75) is 20.8 Å². The van der Waals surface area contributed by atoms with E-state index in [1.165, 1.54) is 0 Å². The summed E-state index contributed by atoms with van der Waals surface area (Å²) in [5, 5.41) is 4.68. The Morgan fingerprint density at radius 3 is 2.18 bits per heavy atom. The normalized spacial score (nSPS) is 11.0. The van der Waals surface area contributed by atoms with Crippen molar-refractivity contribution < 1.29 is 9.32 Å². The van der Waals surface area contributed by atoms with E-state index in [-0.39, 0.29) is 5.91 Å². The Morgan fingerprint density at radius 1 is 0.929 bits per heavy atom. The number of anilines is 1. The molecule has 1 amide bonds. The van der Waals surface area contributed by atoms with Gasteiger partial charge in [-0.15, -0.1) is 0 Å². The van der Waals surface area contributed by atoms with E-state index in [2.05, 4.69) is 10.1 Å². The van der Waals surface area contributed by atoms with Crippen LogP contribution in [0.3, 0.4) is 0 Å². The maximum Gasteiger partial charge on any atom is 0.259 e. The van der Waals surface area contributed by atoms with Crippen LogP contribution in [0.4, 0.5) is 5.69 Å². The third-order valence-corrected chi connectivity index (χ3v) is 4.92. The lowest BCUT2D eigenvalue weighted by Crippen LogP contribution is -2.26. The molecule has 2 aromatic carbocycles. The van der Waals surface area contributed by atoms with Crippen LogP contribution >= 0.6 is 0 Å². The van der Waals surface area contributed by atoms with Gasteiger partial charge in [-0.1, -0.05) is 52.7 Å². The van der Waals surface area contributed by atoms with E-state index in [1.54, 1.807) is 11.9 Å². The molecule has 28 heavy (non-hydrogen) atoms. The summed E-state index contributed by atoms with van der Waals surface area (Å²) in [6, 6.07) is 17.7. The molecule has 2 heterocycles. The van der Waals surface area contributed by atoms with Crippen molar-refractivity contribution in [3.8, 4) is 11.3 Å². The van der Waals surface area contributed by atoms with Gasteiger partial charge in [-0.05, 0) is 39.0 Å². The predicted molar refractivity (Wildman–Crippen MR) is 111 cm³/mol. The van der Waals surface area contributed by atoms with Crippen LogP contribution in [0, 0.1) is 20.8 Å². The van der Waals surface area contributed by atoms with E-state index in [9.17, 15) is 4.79 Å². The van der Waals surface area contributed by atoms with Crippen molar-refractivity contribution in [2.75, 3.05) is 11.9 Å². The molecule has 5 nitrogen and oxygen atoms in total. The van der Waals surface area contributed by atoms with Gasteiger partial charge in [0.05, 0.1) is 22.3 Å². The van der Waals surface area contributed by atoms with Gasteiger partial charge in [-0.2, -0.15) is 0 Å². The molecule has 0 aliphatic carbocycles. The van der Waals surface area contributed by atoms with Crippen molar-refractivity contribution in [2.24, 2.45) is 0 Å². The molecule has 0 saturated carbocycles. The second kappa shape index (κ2) is 6.93. The summed E-state index contributed by atoms with van der Waals surface area (Å²) < 4.78 is 5.39. The fourth-order valence-corrected chi connectivity index (χ4v) is 3.20. The molecule has 0 fully saturated rings. The van der Waals surface area contributed by atoms with Gasteiger partial charge >= 0.3 is 0 Å². The van der Waals surface area contributed by atoms with Crippen molar-refractivity contribution in [1.29, 1.82) is 0 Å². The molecule has 0 aliphatic heterocycles. The van der Waals surface area contributed by atoms with Crippen molar-refractivity contribution in [3.63, 3.8) is 0 Å². The summed E-state index contributed by atoms with van der Waals surface area (Å²) >= 11 is 0. The zero-order chi connectivity index (χ0) is 19.8. The molecule has 5 heteroatoms. The van der Waals surface area contributed by atoms with E-state index in [4.69, 9.17) is 4.52 Å². The highest BCUT2D eigenvalue weighted by Crippen LogP contribution is 2.29. The minimum atomic E-state index is -0.129. The van der Waals surface area contributed by atoms with Gasteiger partial charge in [0.1, 0.15) is 0 Å². The number of aryl methyl sites for hydroxylation is 3. The Kier molecular flexibility index (Phi) is 4.43. The summed E-state index contributed by atoms with van der Waals surface area (Å²) in [6.07, 6.45) is 0. The summed E-state index contributed by atoms with van der Waals surface area (Å²) in [7, 11) is 1.77. The lowest BCUT2D eigenvalue weighted by atomic mass is 10.0. The van der Waals surface area contributed by atoms with Gasteiger partial charge in [0.15, 0.2) is 0 Å². The van der Waals surface area contributed by atoms with Crippen molar-refractivity contribution in [3.05, 3.63) is 77.0 Å². The molecular formula is C23H21N3O2. The molecule has 0 bridgehead atoms. The van der Waals surface area contributed by atoms with E-state index in [0.717, 1.165) is 22.4 Å². The minimum Gasteiger partial charge on any atom is -0.335 e. The van der Waals surface area contributed by atoms with Crippen LogP contribution in [0.1, 0.15) is 27.2 Å². The summed E-state index contributed by atoms with van der Waals surface area (Å²) in [4.78, 5) is 19.6. The first-order chi connectivity index (χ1) is 13.4. The van der Waals surface area contributed by atoms with Crippen LogP contribution < -0.4 is 4.90 Å². The van der Waals surface area contributed by atoms with E-state index >= 15 is 0 Å². The van der Waals surface area contributed by atoms with E-state index in [0.29, 0.717) is 28.1 Å². The molecule has 2 aromatic heterocycles. The Hall–Kier alpha value is -3.47. The van der Waals surface area contributed by atoms with E-state index in [1.807, 2.05) is 75.4 Å². The summed E-state index contributed by atoms with van der Waals surface area (Å²) in [5.41, 5.74) is 6.30. The number of hydrogen-bond acceptors (Lipinski definition) is 4. The van der Waals surface area contributed by atoms with Gasteiger partial charge < -0.3 is 9.42 Å². The SMILES string of the molecule is Cc1ccc(-c2cc(C(=O)N(C)c3ccc(C)cc3)c3c(C)noc3n2)cc1. The van der Waals surface area contributed by atoms with Crippen LogP contribution in [0.25, 0.3) is 22.4 Å². The van der Waals surface area contributed by atoms with Gasteiger partial charge in [0, 0.05) is 18.3 Å². The molecule has 4 rings (SSSR count).